The van der Waals surface area contributed by atoms with Gasteiger partial charge in [0.2, 0.25) is 6.41 Å². The molecule has 0 heterocycles. The van der Waals surface area contributed by atoms with E-state index in [1.807, 2.05) is 31.2 Å². The summed E-state index contributed by atoms with van der Waals surface area (Å²) in [6, 6.07) is 5.76. The molecule has 126 valence electrons. The van der Waals surface area contributed by atoms with Crippen LogP contribution >= 0.6 is 0 Å². The molecule has 0 aliphatic heterocycles. The average molecular weight is 317 g/mol. The maximum Gasteiger partial charge on any atom is 0.207 e. The Bertz CT molecular complexity index is 568. The van der Waals surface area contributed by atoms with Gasteiger partial charge in [0.15, 0.2) is 11.5 Å². The Morgan fingerprint density at radius 2 is 2.00 bits per heavy atom. The summed E-state index contributed by atoms with van der Waals surface area (Å²) in [7, 11) is 3.22. The molecule has 0 aliphatic carbocycles. The van der Waals surface area contributed by atoms with Crippen molar-refractivity contribution in [3.8, 4) is 11.5 Å². The van der Waals surface area contributed by atoms with Crippen molar-refractivity contribution < 1.29 is 14.3 Å². The minimum atomic E-state index is -0.225. The van der Waals surface area contributed by atoms with E-state index in [2.05, 4.69) is 25.4 Å². The van der Waals surface area contributed by atoms with E-state index >= 15 is 0 Å². The van der Waals surface area contributed by atoms with Crippen molar-refractivity contribution in [2.45, 2.75) is 32.7 Å². The lowest BCUT2D eigenvalue weighted by atomic mass is 9.77. The molecule has 1 N–H and O–H groups in total. The van der Waals surface area contributed by atoms with E-state index < -0.39 is 0 Å². The molecule has 4 nitrogen and oxygen atoms in total. The lowest BCUT2D eigenvalue weighted by Crippen LogP contribution is -2.35. The van der Waals surface area contributed by atoms with Gasteiger partial charge in [-0.05, 0) is 37.5 Å². The van der Waals surface area contributed by atoms with Gasteiger partial charge in [0, 0.05) is 11.5 Å². The molecule has 0 saturated carbocycles. The van der Waals surface area contributed by atoms with Crippen LogP contribution in [0.2, 0.25) is 0 Å². The zero-order valence-electron chi connectivity index (χ0n) is 14.5. The van der Waals surface area contributed by atoms with E-state index in [0.717, 1.165) is 24.0 Å². The number of amides is 1. The van der Waals surface area contributed by atoms with Crippen LogP contribution in [0.4, 0.5) is 0 Å². The lowest BCUT2D eigenvalue weighted by molar-refractivity contribution is -0.110. The van der Waals surface area contributed by atoms with E-state index in [0.29, 0.717) is 17.9 Å². The molecule has 2 atom stereocenters. The van der Waals surface area contributed by atoms with Gasteiger partial charge in [-0.1, -0.05) is 31.2 Å². The molecule has 0 radical (unpaired) electrons. The summed E-state index contributed by atoms with van der Waals surface area (Å²) in [6.45, 7) is 12.0. The molecular formula is C19H27NO3. The van der Waals surface area contributed by atoms with Crippen molar-refractivity contribution in [1.29, 1.82) is 0 Å². The predicted octanol–water partition coefficient (Wildman–Crippen LogP) is 3.52. The van der Waals surface area contributed by atoms with Crippen molar-refractivity contribution >= 4 is 6.41 Å². The van der Waals surface area contributed by atoms with Crippen molar-refractivity contribution in [1.82, 2.24) is 5.32 Å². The van der Waals surface area contributed by atoms with Crippen molar-refractivity contribution in [2.75, 3.05) is 14.2 Å². The third-order valence-electron chi connectivity index (χ3n) is 4.33. The molecule has 1 rings (SSSR count). The number of ether oxygens (including phenoxy) is 2. The van der Waals surface area contributed by atoms with Gasteiger partial charge in [0.25, 0.3) is 0 Å². The van der Waals surface area contributed by atoms with Crippen LogP contribution in [0, 0.1) is 5.41 Å². The fraction of sp³-hybridized carbons (Fsp3) is 0.421. The maximum atomic E-state index is 11.0. The fourth-order valence-electron chi connectivity index (χ4n) is 2.52. The van der Waals surface area contributed by atoms with E-state index in [1.165, 1.54) is 0 Å². The first-order valence-electron chi connectivity index (χ1n) is 7.60. The Labute approximate surface area is 139 Å². The first-order valence-corrected chi connectivity index (χ1v) is 7.60. The van der Waals surface area contributed by atoms with E-state index in [9.17, 15) is 4.79 Å². The van der Waals surface area contributed by atoms with Gasteiger partial charge >= 0.3 is 0 Å². The summed E-state index contributed by atoms with van der Waals surface area (Å²) in [5, 5.41) is 2.90. The molecule has 0 aliphatic rings. The second kappa shape index (κ2) is 8.42. The van der Waals surface area contributed by atoms with Crippen molar-refractivity contribution in [2.24, 2.45) is 5.41 Å². The Morgan fingerprint density at radius 3 is 2.48 bits per heavy atom. The zero-order valence-corrected chi connectivity index (χ0v) is 14.5. The molecule has 4 heteroatoms. The molecule has 1 aromatic rings. The molecule has 0 aromatic heterocycles. The lowest BCUT2D eigenvalue weighted by Gasteiger charge is -2.31. The number of carbonyl (C=O) groups is 1. The minimum absolute atomic E-state index is 0.0229. The standard InChI is InChI=1S/C19H27NO3/c1-7-19(4,14(2)3)12-16(20-13-21)10-15-8-9-17(22-5)18(11-15)23-6/h7-9,11,13,16H,1-2,10,12H2,3-6H3,(H,20,21). The Kier molecular flexibility index (Phi) is 6.89. The fourth-order valence-corrected chi connectivity index (χ4v) is 2.52. The van der Waals surface area contributed by atoms with Crippen LogP contribution in [0.1, 0.15) is 25.8 Å². The zero-order chi connectivity index (χ0) is 17.5. The van der Waals surface area contributed by atoms with Gasteiger partial charge in [-0.15, -0.1) is 6.58 Å². The average Bonchev–Trinajstić information content (AvgIpc) is 2.54. The maximum absolute atomic E-state index is 11.0. The number of hydrogen-bond donors (Lipinski definition) is 1. The number of rotatable bonds is 10. The van der Waals surface area contributed by atoms with Crippen molar-refractivity contribution in [3.05, 3.63) is 48.6 Å². The van der Waals surface area contributed by atoms with Gasteiger partial charge in [0.05, 0.1) is 14.2 Å². The second-order valence-corrected chi connectivity index (χ2v) is 5.98. The largest absolute Gasteiger partial charge is 0.493 e. The summed E-state index contributed by atoms with van der Waals surface area (Å²) >= 11 is 0. The van der Waals surface area contributed by atoms with Crippen LogP contribution in [-0.2, 0) is 11.2 Å². The molecule has 0 bridgehead atoms. The first-order chi connectivity index (χ1) is 10.9. The highest BCUT2D eigenvalue weighted by atomic mass is 16.5. The van der Waals surface area contributed by atoms with E-state index in [-0.39, 0.29) is 11.5 Å². The van der Waals surface area contributed by atoms with Gasteiger partial charge in [-0.2, -0.15) is 0 Å². The van der Waals surface area contributed by atoms with Crippen LogP contribution in [0.3, 0.4) is 0 Å². The SMILES string of the molecule is C=CC(C)(CC(Cc1ccc(OC)c(OC)c1)NC=O)C(=C)C. The normalized spacial score (nSPS) is 14.3. The van der Waals surface area contributed by atoms with Crippen LogP contribution in [0.5, 0.6) is 11.5 Å². The molecule has 0 saturated heterocycles. The smallest absolute Gasteiger partial charge is 0.207 e. The van der Waals surface area contributed by atoms with Crippen molar-refractivity contribution in [3.63, 3.8) is 0 Å². The van der Waals surface area contributed by atoms with Gasteiger partial charge in [-0.3, -0.25) is 4.79 Å². The second-order valence-electron chi connectivity index (χ2n) is 5.98. The van der Waals surface area contributed by atoms with E-state index in [4.69, 9.17) is 9.47 Å². The Morgan fingerprint density at radius 1 is 1.35 bits per heavy atom. The third kappa shape index (κ3) is 4.88. The highest BCUT2D eigenvalue weighted by Gasteiger charge is 2.26. The highest BCUT2D eigenvalue weighted by Crippen LogP contribution is 2.34. The number of carbonyl (C=O) groups excluding carboxylic acids is 1. The number of benzene rings is 1. The Hall–Kier alpha value is -2.23. The summed E-state index contributed by atoms with van der Waals surface area (Å²) in [5.41, 5.74) is 1.87. The molecular weight excluding hydrogens is 290 g/mol. The summed E-state index contributed by atoms with van der Waals surface area (Å²) in [4.78, 5) is 11.0. The highest BCUT2D eigenvalue weighted by molar-refractivity contribution is 5.47. The van der Waals surface area contributed by atoms with Crippen LogP contribution < -0.4 is 14.8 Å². The predicted molar refractivity (Wildman–Crippen MR) is 94.0 cm³/mol. The monoisotopic (exact) mass is 317 g/mol. The summed E-state index contributed by atoms with van der Waals surface area (Å²) in [6.07, 6.45) is 4.06. The number of hydrogen-bond acceptors (Lipinski definition) is 3. The van der Waals surface area contributed by atoms with Crippen LogP contribution in [0.25, 0.3) is 0 Å². The first kappa shape index (κ1) is 18.8. The van der Waals surface area contributed by atoms with Gasteiger partial charge in [-0.25, -0.2) is 0 Å². The minimum Gasteiger partial charge on any atom is -0.493 e. The number of nitrogens with one attached hydrogen (secondary N) is 1. The van der Waals surface area contributed by atoms with Crippen LogP contribution in [0.15, 0.2) is 43.0 Å². The number of methoxy groups -OCH3 is 2. The van der Waals surface area contributed by atoms with E-state index in [1.54, 1.807) is 14.2 Å². The summed E-state index contributed by atoms with van der Waals surface area (Å²) < 4.78 is 10.6. The molecule has 2 unspecified atom stereocenters. The summed E-state index contributed by atoms with van der Waals surface area (Å²) in [5.74, 6) is 1.37. The third-order valence-corrected chi connectivity index (χ3v) is 4.33. The molecule has 0 spiro atoms. The molecule has 1 aromatic carbocycles. The molecule has 1 amide bonds. The molecule has 0 fully saturated rings. The number of allylic oxidation sites excluding steroid dienone is 2. The van der Waals surface area contributed by atoms with Crippen LogP contribution in [-0.4, -0.2) is 26.7 Å². The Balaban J connectivity index is 2.98. The van der Waals surface area contributed by atoms with Gasteiger partial charge < -0.3 is 14.8 Å². The topological polar surface area (TPSA) is 47.6 Å². The molecule has 23 heavy (non-hydrogen) atoms. The van der Waals surface area contributed by atoms with Gasteiger partial charge in [0.1, 0.15) is 0 Å². The quantitative estimate of drug-likeness (QED) is 0.530.